The molecule has 0 atom stereocenters. The number of nitrogens with zero attached hydrogens (tertiary/aromatic N) is 5. The van der Waals surface area contributed by atoms with E-state index in [-0.39, 0.29) is 14.0 Å². The summed E-state index contributed by atoms with van der Waals surface area (Å²) < 4.78 is 34.6. The molecule has 0 aliphatic carbocycles. The van der Waals surface area contributed by atoms with Crippen molar-refractivity contribution in [3.8, 4) is 10.7 Å². The lowest BCUT2D eigenvalue weighted by Crippen LogP contribution is -2.46. The predicted octanol–water partition coefficient (Wildman–Crippen LogP) is 6.25. The average Bonchev–Trinajstić information content (AvgIpc) is 3.77. The zero-order chi connectivity index (χ0) is 29.1. The van der Waals surface area contributed by atoms with Gasteiger partial charge >= 0.3 is 0 Å². The van der Waals surface area contributed by atoms with Crippen LogP contribution < -0.4 is 9.21 Å². The molecule has 0 amide bonds. The Morgan fingerprint density at radius 2 is 1.88 bits per heavy atom. The summed E-state index contributed by atoms with van der Waals surface area (Å²) in [6.45, 7) is 9.65. The largest absolute Gasteiger partial charge is 0.380 e. The molecule has 1 aliphatic heterocycles. The standard InChI is InChI=1S/C30H34N6O3S3.CH4/c1-3-39-17-16-36(42(37,38)28-11-6-18-40-28)26-9-5-8-23-19-25(33-29(23)26)30-31-20-24(41-30)21-34-12-14-35(15-13-34)27-10-4-7-22(2)32-27;/h4-11,18-20,33H,3,12-17,21H2,1-2H3;1H4. The van der Waals surface area contributed by atoms with E-state index in [4.69, 9.17) is 9.72 Å². The van der Waals surface area contributed by atoms with E-state index in [2.05, 4.69) is 31.9 Å². The van der Waals surface area contributed by atoms with Crippen LogP contribution in [0.3, 0.4) is 0 Å². The zero-order valence-electron chi connectivity index (χ0n) is 23.7. The van der Waals surface area contributed by atoms with E-state index in [1.54, 1.807) is 28.8 Å². The number of pyridine rings is 1. The van der Waals surface area contributed by atoms with Crippen molar-refractivity contribution in [2.75, 3.05) is 55.1 Å². The molecular weight excluding hydrogens is 601 g/mol. The summed E-state index contributed by atoms with van der Waals surface area (Å²) >= 11 is 2.89. The number of ether oxygens (including phenoxy) is 1. The lowest BCUT2D eigenvalue weighted by Gasteiger charge is -2.35. The summed E-state index contributed by atoms with van der Waals surface area (Å²) in [4.78, 5) is 18.9. The first-order valence-corrected chi connectivity index (χ1v) is 17.2. The van der Waals surface area contributed by atoms with Crippen molar-refractivity contribution < 1.29 is 13.2 Å². The maximum absolute atomic E-state index is 13.7. The molecule has 5 aromatic rings. The van der Waals surface area contributed by atoms with Crippen LogP contribution in [0.25, 0.3) is 21.6 Å². The van der Waals surface area contributed by atoms with Gasteiger partial charge in [-0.2, -0.15) is 0 Å². The van der Waals surface area contributed by atoms with Gasteiger partial charge in [-0.15, -0.1) is 22.7 Å². The van der Waals surface area contributed by atoms with Crippen LogP contribution in [-0.4, -0.2) is 74.2 Å². The van der Waals surface area contributed by atoms with Gasteiger partial charge in [0.15, 0.2) is 0 Å². The molecule has 0 saturated carbocycles. The number of rotatable bonds is 11. The minimum Gasteiger partial charge on any atom is -0.380 e. The number of H-pyrrole nitrogens is 1. The maximum atomic E-state index is 13.7. The Kier molecular flexibility index (Phi) is 9.82. The molecule has 0 unspecified atom stereocenters. The first-order valence-electron chi connectivity index (χ1n) is 14.0. The van der Waals surface area contributed by atoms with Gasteiger partial charge in [-0.05, 0) is 49.6 Å². The fraction of sp³-hybridized carbons (Fsp3) is 0.355. The van der Waals surface area contributed by atoms with Crippen LogP contribution in [0.1, 0.15) is 24.9 Å². The Balaban J connectivity index is 0.00000368. The smallest absolute Gasteiger partial charge is 0.273 e. The molecule has 228 valence electrons. The van der Waals surface area contributed by atoms with Crippen molar-refractivity contribution in [2.24, 2.45) is 0 Å². The Morgan fingerprint density at radius 1 is 1.07 bits per heavy atom. The van der Waals surface area contributed by atoms with E-state index in [0.29, 0.717) is 23.1 Å². The van der Waals surface area contributed by atoms with Gasteiger partial charge < -0.3 is 14.6 Å². The summed E-state index contributed by atoms with van der Waals surface area (Å²) in [7, 11) is -3.75. The number of aromatic amines is 1. The zero-order valence-corrected chi connectivity index (χ0v) is 26.1. The minimum absolute atomic E-state index is 0. The summed E-state index contributed by atoms with van der Waals surface area (Å²) in [5.41, 5.74) is 3.28. The van der Waals surface area contributed by atoms with E-state index in [1.165, 1.54) is 20.5 Å². The first kappa shape index (κ1) is 31.1. The second kappa shape index (κ2) is 13.6. The van der Waals surface area contributed by atoms with Crippen molar-refractivity contribution in [1.29, 1.82) is 0 Å². The van der Waals surface area contributed by atoms with Crippen LogP contribution in [0.2, 0.25) is 0 Å². The van der Waals surface area contributed by atoms with Crippen LogP contribution >= 0.6 is 22.7 Å². The van der Waals surface area contributed by atoms with Gasteiger partial charge in [0, 0.05) is 61.5 Å². The highest BCUT2D eigenvalue weighted by molar-refractivity contribution is 7.94. The Labute approximate surface area is 261 Å². The summed E-state index contributed by atoms with van der Waals surface area (Å²) in [5, 5.41) is 3.60. The van der Waals surface area contributed by atoms with E-state index in [0.717, 1.165) is 65.8 Å². The van der Waals surface area contributed by atoms with E-state index >= 15 is 0 Å². The van der Waals surface area contributed by atoms with Crippen LogP contribution in [0.5, 0.6) is 0 Å². The number of nitrogens with one attached hydrogen (secondary N) is 1. The molecule has 0 spiro atoms. The summed E-state index contributed by atoms with van der Waals surface area (Å²) in [6.07, 6.45) is 1.95. The number of para-hydroxylation sites is 1. The molecule has 1 aromatic carbocycles. The van der Waals surface area contributed by atoms with Gasteiger partial charge in [0.05, 0.1) is 30.0 Å². The van der Waals surface area contributed by atoms with Crippen molar-refractivity contribution in [3.63, 3.8) is 0 Å². The number of thiazole rings is 1. The average molecular weight is 639 g/mol. The SMILES string of the molecule is C.CCOCCN(c1cccc2cc(-c3ncc(CN4CCN(c5cccc(C)n5)CC4)s3)[nH]c12)S(=O)(=O)c1cccs1. The molecule has 1 N–H and O–H groups in total. The molecular formula is C31H38N6O3S3. The molecule has 4 aromatic heterocycles. The lowest BCUT2D eigenvalue weighted by atomic mass is 10.2. The van der Waals surface area contributed by atoms with E-state index in [9.17, 15) is 8.42 Å². The second-order valence-electron chi connectivity index (χ2n) is 10.2. The van der Waals surface area contributed by atoms with Crippen molar-refractivity contribution in [3.05, 3.63) is 76.7 Å². The molecule has 9 nitrogen and oxygen atoms in total. The third-order valence-electron chi connectivity index (χ3n) is 7.32. The Bertz CT molecular complexity index is 1740. The number of benzene rings is 1. The maximum Gasteiger partial charge on any atom is 0.273 e. The molecule has 5 heterocycles. The normalized spacial score (nSPS) is 14.2. The van der Waals surface area contributed by atoms with Gasteiger partial charge in [0.25, 0.3) is 10.0 Å². The highest BCUT2D eigenvalue weighted by Gasteiger charge is 2.28. The molecule has 0 bridgehead atoms. The number of piperazine rings is 1. The van der Waals surface area contributed by atoms with Gasteiger partial charge in [-0.25, -0.2) is 18.4 Å². The molecule has 0 radical (unpaired) electrons. The van der Waals surface area contributed by atoms with Crippen LogP contribution in [0.4, 0.5) is 11.5 Å². The van der Waals surface area contributed by atoms with Gasteiger partial charge in [0.2, 0.25) is 0 Å². The molecule has 12 heteroatoms. The number of thiophene rings is 1. The Hall–Kier alpha value is -3.29. The van der Waals surface area contributed by atoms with Crippen LogP contribution in [-0.2, 0) is 21.3 Å². The molecule has 6 rings (SSSR count). The molecule has 1 aliphatic rings. The number of aryl methyl sites for hydroxylation is 1. The van der Waals surface area contributed by atoms with Crippen LogP contribution in [0, 0.1) is 6.92 Å². The van der Waals surface area contributed by atoms with Crippen molar-refractivity contribution >= 4 is 55.1 Å². The Morgan fingerprint density at radius 3 is 2.63 bits per heavy atom. The summed E-state index contributed by atoms with van der Waals surface area (Å²) in [6, 6.07) is 17.4. The number of anilines is 2. The topological polar surface area (TPSA) is 94.7 Å². The number of hydrogen-bond acceptors (Lipinski definition) is 9. The van der Waals surface area contributed by atoms with E-state index < -0.39 is 10.0 Å². The quantitative estimate of drug-likeness (QED) is 0.171. The van der Waals surface area contributed by atoms with Gasteiger partial charge in [-0.3, -0.25) is 9.21 Å². The third kappa shape index (κ3) is 6.78. The highest BCUT2D eigenvalue weighted by atomic mass is 32.2. The molecule has 1 fully saturated rings. The number of fused-ring (bicyclic) bond motifs is 1. The molecule has 43 heavy (non-hydrogen) atoms. The van der Waals surface area contributed by atoms with Gasteiger partial charge in [0.1, 0.15) is 15.0 Å². The minimum atomic E-state index is -3.75. The van der Waals surface area contributed by atoms with E-state index in [1.807, 2.05) is 50.4 Å². The predicted molar refractivity (Wildman–Crippen MR) is 178 cm³/mol. The lowest BCUT2D eigenvalue weighted by molar-refractivity contribution is 0.156. The van der Waals surface area contributed by atoms with Crippen molar-refractivity contribution in [1.82, 2.24) is 19.9 Å². The number of aromatic nitrogens is 3. The number of hydrogen-bond donors (Lipinski definition) is 1. The van der Waals surface area contributed by atoms with Crippen molar-refractivity contribution in [2.45, 2.75) is 32.0 Å². The fourth-order valence-corrected chi connectivity index (χ4v) is 8.70. The number of sulfonamides is 1. The molecule has 1 saturated heterocycles. The summed E-state index contributed by atoms with van der Waals surface area (Å²) in [5.74, 6) is 1.05. The first-order chi connectivity index (χ1) is 20.4. The third-order valence-corrected chi connectivity index (χ3v) is 11.5. The highest BCUT2D eigenvalue weighted by Crippen LogP contribution is 2.35. The van der Waals surface area contributed by atoms with Gasteiger partial charge in [-0.1, -0.05) is 31.7 Å². The second-order valence-corrected chi connectivity index (χ2v) is 14.3. The monoisotopic (exact) mass is 638 g/mol. The fourth-order valence-electron chi connectivity index (χ4n) is 5.21. The van der Waals surface area contributed by atoms with Crippen LogP contribution in [0.15, 0.2) is 70.4 Å².